The quantitative estimate of drug-likeness (QED) is 0.656. The van der Waals surface area contributed by atoms with Crippen molar-refractivity contribution in [2.45, 2.75) is 11.8 Å². The molecule has 3 N–H and O–H groups in total. The number of hydrogen-bond acceptors (Lipinski definition) is 4. The molecule has 0 aliphatic heterocycles. The molecule has 0 aliphatic carbocycles. The second-order valence-corrected chi connectivity index (χ2v) is 7.41. The van der Waals surface area contributed by atoms with E-state index in [-0.39, 0.29) is 10.8 Å². The predicted molar refractivity (Wildman–Crippen MR) is 98.4 cm³/mol. The van der Waals surface area contributed by atoms with Crippen LogP contribution in [0.1, 0.15) is 21.6 Å². The van der Waals surface area contributed by atoms with Crippen molar-refractivity contribution in [1.29, 1.82) is 5.26 Å². The van der Waals surface area contributed by atoms with Crippen molar-refractivity contribution in [3.05, 3.63) is 59.3 Å². The SMILES string of the molecule is CNC(=O)c1cc2cc(NS(=O)(=O)c3ccc(C#N)cc3C)ccc2[nH]1. The molecule has 26 heavy (non-hydrogen) atoms. The molecular formula is C18H16N4O3S. The summed E-state index contributed by atoms with van der Waals surface area (Å²) in [5, 5.41) is 12.1. The van der Waals surface area contributed by atoms with Gasteiger partial charge in [0.25, 0.3) is 15.9 Å². The molecule has 3 aromatic rings. The van der Waals surface area contributed by atoms with Crippen LogP contribution in [0.5, 0.6) is 0 Å². The Hall–Kier alpha value is -3.31. The maximum Gasteiger partial charge on any atom is 0.267 e. The lowest BCUT2D eigenvalue weighted by Crippen LogP contribution is -2.17. The molecular weight excluding hydrogens is 352 g/mol. The van der Waals surface area contributed by atoms with Gasteiger partial charge < -0.3 is 10.3 Å². The van der Waals surface area contributed by atoms with E-state index in [9.17, 15) is 13.2 Å². The standard InChI is InChI=1S/C18H16N4O3S/c1-11-7-12(10-19)3-6-17(11)26(24,25)22-14-4-5-15-13(8-14)9-16(21-15)18(23)20-2/h3-9,21-22H,1-2H3,(H,20,23). The molecule has 0 saturated carbocycles. The maximum atomic E-state index is 12.7. The topological polar surface area (TPSA) is 115 Å². The Balaban J connectivity index is 1.94. The number of nitrogens with one attached hydrogen (secondary N) is 3. The van der Waals surface area contributed by atoms with Gasteiger partial charge in [-0.1, -0.05) is 0 Å². The number of benzene rings is 2. The van der Waals surface area contributed by atoms with E-state index in [0.717, 1.165) is 5.52 Å². The van der Waals surface area contributed by atoms with Gasteiger partial charge in [-0.25, -0.2) is 8.42 Å². The van der Waals surface area contributed by atoms with Crippen molar-refractivity contribution in [3.63, 3.8) is 0 Å². The molecule has 0 spiro atoms. The van der Waals surface area contributed by atoms with Crippen LogP contribution in [-0.4, -0.2) is 26.4 Å². The fourth-order valence-electron chi connectivity index (χ4n) is 2.68. The number of aromatic amines is 1. The summed E-state index contributed by atoms with van der Waals surface area (Å²) in [6.07, 6.45) is 0. The number of hydrogen-bond donors (Lipinski definition) is 3. The zero-order valence-electron chi connectivity index (χ0n) is 14.1. The highest BCUT2D eigenvalue weighted by molar-refractivity contribution is 7.92. The number of rotatable bonds is 4. The van der Waals surface area contributed by atoms with E-state index in [1.54, 1.807) is 31.2 Å². The molecule has 0 radical (unpaired) electrons. The van der Waals surface area contributed by atoms with Gasteiger partial charge >= 0.3 is 0 Å². The van der Waals surface area contributed by atoms with Gasteiger partial charge in [-0.15, -0.1) is 0 Å². The van der Waals surface area contributed by atoms with E-state index >= 15 is 0 Å². The molecule has 0 bridgehead atoms. The first-order valence-corrected chi connectivity index (χ1v) is 9.21. The largest absolute Gasteiger partial charge is 0.354 e. The molecule has 132 valence electrons. The second kappa shape index (κ2) is 6.54. The third-order valence-electron chi connectivity index (χ3n) is 3.94. The van der Waals surface area contributed by atoms with Crippen LogP contribution in [-0.2, 0) is 10.0 Å². The zero-order chi connectivity index (χ0) is 18.9. The van der Waals surface area contributed by atoms with E-state index in [2.05, 4.69) is 15.0 Å². The molecule has 3 rings (SSSR count). The number of carbonyl (C=O) groups excluding carboxylic acids is 1. The summed E-state index contributed by atoms with van der Waals surface area (Å²) < 4.78 is 27.8. The first-order valence-electron chi connectivity index (χ1n) is 7.72. The van der Waals surface area contributed by atoms with Crippen molar-refractivity contribution in [2.75, 3.05) is 11.8 Å². The van der Waals surface area contributed by atoms with E-state index in [0.29, 0.717) is 27.9 Å². The number of aromatic nitrogens is 1. The summed E-state index contributed by atoms with van der Waals surface area (Å²) in [6.45, 7) is 1.64. The minimum absolute atomic E-state index is 0.108. The fraction of sp³-hybridized carbons (Fsp3) is 0.111. The predicted octanol–water partition coefficient (Wildman–Crippen LogP) is 2.51. The molecule has 7 nitrogen and oxygen atoms in total. The Morgan fingerprint density at radius 2 is 1.92 bits per heavy atom. The molecule has 1 aromatic heterocycles. The highest BCUT2D eigenvalue weighted by Crippen LogP contribution is 2.24. The zero-order valence-corrected chi connectivity index (χ0v) is 14.9. The smallest absolute Gasteiger partial charge is 0.267 e. The van der Waals surface area contributed by atoms with Crippen LogP contribution >= 0.6 is 0 Å². The Morgan fingerprint density at radius 1 is 1.15 bits per heavy atom. The molecule has 0 atom stereocenters. The van der Waals surface area contributed by atoms with Crippen molar-refractivity contribution in [2.24, 2.45) is 0 Å². The average Bonchev–Trinajstić information content (AvgIpc) is 3.03. The van der Waals surface area contributed by atoms with Gasteiger partial charge in [-0.2, -0.15) is 5.26 Å². The number of amides is 1. The third kappa shape index (κ3) is 3.25. The first kappa shape index (κ1) is 17.5. The summed E-state index contributed by atoms with van der Waals surface area (Å²) in [7, 11) is -2.27. The summed E-state index contributed by atoms with van der Waals surface area (Å²) in [5.41, 5.74) is 2.38. The van der Waals surface area contributed by atoms with Crippen molar-refractivity contribution in [3.8, 4) is 6.07 Å². The molecule has 0 fully saturated rings. The van der Waals surface area contributed by atoms with Gasteiger partial charge in [-0.3, -0.25) is 9.52 Å². The highest BCUT2D eigenvalue weighted by atomic mass is 32.2. The number of anilines is 1. The molecule has 8 heteroatoms. The minimum atomic E-state index is -3.80. The lowest BCUT2D eigenvalue weighted by atomic mass is 10.2. The highest BCUT2D eigenvalue weighted by Gasteiger charge is 2.18. The van der Waals surface area contributed by atoms with Crippen molar-refractivity contribution < 1.29 is 13.2 Å². The number of fused-ring (bicyclic) bond motifs is 1. The monoisotopic (exact) mass is 368 g/mol. The van der Waals surface area contributed by atoms with E-state index in [4.69, 9.17) is 5.26 Å². The molecule has 1 amide bonds. The molecule has 0 saturated heterocycles. The van der Waals surface area contributed by atoms with Gasteiger partial charge in [0.05, 0.1) is 16.5 Å². The minimum Gasteiger partial charge on any atom is -0.354 e. The van der Waals surface area contributed by atoms with Crippen LogP contribution in [0.2, 0.25) is 0 Å². The van der Waals surface area contributed by atoms with Crippen LogP contribution in [0.15, 0.2) is 47.4 Å². The third-order valence-corrected chi connectivity index (χ3v) is 5.48. The molecule has 1 heterocycles. The number of sulfonamides is 1. The number of nitriles is 1. The second-order valence-electron chi connectivity index (χ2n) is 5.76. The van der Waals surface area contributed by atoms with Crippen molar-refractivity contribution >= 4 is 32.5 Å². The van der Waals surface area contributed by atoms with Crippen LogP contribution in [0.4, 0.5) is 5.69 Å². The van der Waals surface area contributed by atoms with Gasteiger partial charge in [0.1, 0.15) is 5.69 Å². The Bertz CT molecular complexity index is 1160. The molecule has 2 aromatic carbocycles. The van der Waals surface area contributed by atoms with E-state index < -0.39 is 10.0 Å². The van der Waals surface area contributed by atoms with Gasteiger partial charge in [0, 0.05) is 23.6 Å². The maximum absolute atomic E-state index is 12.7. The Kier molecular flexibility index (Phi) is 4.40. The summed E-state index contributed by atoms with van der Waals surface area (Å²) in [4.78, 5) is 14.8. The lowest BCUT2D eigenvalue weighted by Gasteiger charge is -2.10. The lowest BCUT2D eigenvalue weighted by molar-refractivity contribution is 0.0959. The van der Waals surface area contributed by atoms with Gasteiger partial charge in [-0.05, 0) is 55.0 Å². The van der Waals surface area contributed by atoms with Gasteiger partial charge in [0.2, 0.25) is 0 Å². The van der Waals surface area contributed by atoms with Crippen molar-refractivity contribution in [1.82, 2.24) is 10.3 Å². The number of aryl methyl sites for hydroxylation is 1. The number of nitrogens with zero attached hydrogens (tertiary/aromatic N) is 1. The van der Waals surface area contributed by atoms with E-state index in [1.165, 1.54) is 25.2 Å². The fourth-order valence-corrected chi connectivity index (χ4v) is 3.96. The molecule has 0 aliphatic rings. The van der Waals surface area contributed by atoms with Crippen LogP contribution < -0.4 is 10.0 Å². The average molecular weight is 368 g/mol. The van der Waals surface area contributed by atoms with Gasteiger partial charge in [0.15, 0.2) is 0 Å². The summed E-state index contributed by atoms with van der Waals surface area (Å²) in [5.74, 6) is -0.253. The summed E-state index contributed by atoms with van der Waals surface area (Å²) in [6, 6.07) is 13.0. The molecule has 0 unspecified atom stereocenters. The van der Waals surface area contributed by atoms with Crippen LogP contribution in [0, 0.1) is 18.3 Å². The number of H-pyrrole nitrogens is 1. The van der Waals surface area contributed by atoms with Crippen LogP contribution in [0.3, 0.4) is 0 Å². The summed E-state index contributed by atoms with van der Waals surface area (Å²) >= 11 is 0. The normalized spacial score (nSPS) is 11.1. The Labute approximate surface area is 150 Å². The Morgan fingerprint density at radius 3 is 2.58 bits per heavy atom. The van der Waals surface area contributed by atoms with E-state index in [1.807, 2.05) is 6.07 Å². The number of carbonyl (C=O) groups is 1. The first-order chi connectivity index (χ1) is 12.3. The van der Waals surface area contributed by atoms with Crippen LogP contribution in [0.25, 0.3) is 10.9 Å².